The molecule has 0 atom stereocenters. The first-order chi connectivity index (χ1) is 7.25. The fourth-order valence-electron chi connectivity index (χ4n) is 1.24. The van der Waals surface area contributed by atoms with Gasteiger partial charge in [-0.15, -0.1) is 5.10 Å². The van der Waals surface area contributed by atoms with Gasteiger partial charge in [-0.2, -0.15) is 0 Å². The number of carboxylic acid groups (broad SMARTS) is 1. The van der Waals surface area contributed by atoms with E-state index in [0.29, 0.717) is 6.54 Å². The van der Waals surface area contributed by atoms with Gasteiger partial charge in [0.1, 0.15) is 6.33 Å². The monoisotopic (exact) mass is 227 g/mol. The first-order valence-electron chi connectivity index (χ1n) is 4.42. The van der Waals surface area contributed by atoms with Crippen LogP contribution in [0.4, 0.5) is 0 Å². The summed E-state index contributed by atoms with van der Waals surface area (Å²) in [5.41, 5.74) is 1.05. The largest absolute Gasteiger partial charge is 1.00 e. The van der Waals surface area contributed by atoms with E-state index in [1.807, 2.05) is 30.3 Å². The van der Waals surface area contributed by atoms with Crippen LogP contribution in [0, 0.1) is 0 Å². The minimum Gasteiger partial charge on any atom is -0.870 e. The normalized spacial score (nSPS) is 8.94. The molecule has 1 aromatic heterocycles. The molecule has 6 nitrogen and oxygen atoms in total. The molecule has 1 aromatic carbocycles. The maximum Gasteiger partial charge on any atom is 1.00 e. The van der Waals surface area contributed by atoms with Gasteiger partial charge in [-0.05, 0) is 5.56 Å². The molecule has 0 unspecified atom stereocenters. The van der Waals surface area contributed by atoms with Gasteiger partial charge in [-0.3, -0.25) is 0 Å². The molecule has 0 spiro atoms. The van der Waals surface area contributed by atoms with Crippen LogP contribution in [0.3, 0.4) is 0 Å². The molecule has 0 amide bonds. The van der Waals surface area contributed by atoms with Gasteiger partial charge in [0.25, 0.3) is 5.82 Å². The van der Waals surface area contributed by atoms with Gasteiger partial charge in [-0.1, -0.05) is 30.3 Å². The maximum absolute atomic E-state index is 10.5. The van der Waals surface area contributed by atoms with Crippen molar-refractivity contribution in [2.24, 2.45) is 0 Å². The zero-order valence-corrected chi connectivity index (χ0v) is 9.32. The number of benzene rings is 1. The number of carbonyl (C=O) groups is 1. The molecule has 0 aliphatic rings. The number of aromatic nitrogens is 3. The molecule has 2 rings (SSSR count). The van der Waals surface area contributed by atoms with Crippen LogP contribution in [0.5, 0.6) is 0 Å². The first kappa shape index (κ1) is 15.4. The van der Waals surface area contributed by atoms with Gasteiger partial charge >= 0.3 is 24.8 Å². The topological polar surface area (TPSA) is 98.0 Å². The van der Waals surface area contributed by atoms with Gasteiger partial charge in [0, 0.05) is 0 Å². The summed E-state index contributed by atoms with van der Waals surface area (Å²) in [5.74, 6) is -1.28. The molecule has 0 saturated carbocycles. The Morgan fingerprint density at radius 3 is 2.47 bits per heavy atom. The molecule has 7 heteroatoms. The third kappa shape index (κ3) is 4.04. The predicted molar refractivity (Wildman–Crippen MR) is 54.5 cm³/mol. The second-order valence-corrected chi connectivity index (χ2v) is 3.06. The molecule has 0 radical (unpaired) electrons. The molecule has 2 aromatic rings. The molecule has 84 valence electrons. The number of hydrogen-bond donors (Lipinski definition) is 1. The second-order valence-electron chi connectivity index (χ2n) is 3.06. The molecule has 17 heavy (non-hydrogen) atoms. The van der Waals surface area contributed by atoms with Crippen molar-refractivity contribution in [1.29, 1.82) is 0 Å². The number of carboxylic acids is 1. The van der Waals surface area contributed by atoms with E-state index in [9.17, 15) is 4.79 Å². The fraction of sp³-hybridized carbons (Fsp3) is 0.100. The second kappa shape index (κ2) is 6.86. The summed E-state index contributed by atoms with van der Waals surface area (Å²) in [6, 6.07) is 9.66. The van der Waals surface area contributed by atoms with Crippen molar-refractivity contribution in [3.8, 4) is 0 Å². The van der Waals surface area contributed by atoms with Crippen LogP contribution < -0.4 is 18.9 Å². The average Bonchev–Trinajstić information content (AvgIpc) is 2.68. The fourth-order valence-corrected chi connectivity index (χ4v) is 1.24. The summed E-state index contributed by atoms with van der Waals surface area (Å²) in [7, 11) is 0. The molecule has 1 heterocycles. The van der Waals surface area contributed by atoms with Crippen molar-refractivity contribution in [3.05, 3.63) is 48.0 Å². The molecule has 0 bridgehead atoms. The van der Waals surface area contributed by atoms with Crippen molar-refractivity contribution < 1.29 is 34.2 Å². The van der Waals surface area contributed by atoms with Crippen LogP contribution in [0.2, 0.25) is 0 Å². The van der Waals surface area contributed by atoms with E-state index < -0.39 is 5.97 Å². The summed E-state index contributed by atoms with van der Waals surface area (Å²) >= 11 is 0. The Morgan fingerprint density at radius 1 is 1.29 bits per heavy atom. The van der Waals surface area contributed by atoms with Crippen molar-refractivity contribution in [1.82, 2.24) is 14.8 Å². The summed E-state index contributed by atoms with van der Waals surface area (Å²) in [5, 5.41) is 12.4. The van der Waals surface area contributed by atoms with Crippen LogP contribution in [-0.2, 0) is 6.54 Å². The summed E-state index contributed by atoms with van der Waals surface area (Å²) in [6.45, 7) is 0.529. The Bertz CT molecular complexity index is 473. The van der Waals surface area contributed by atoms with Gasteiger partial charge < -0.3 is 10.6 Å². The molecule has 0 saturated heterocycles. The molecule has 0 aliphatic heterocycles. The van der Waals surface area contributed by atoms with Gasteiger partial charge in [0.05, 0.1) is 6.54 Å². The van der Waals surface area contributed by atoms with Crippen LogP contribution in [0.25, 0.3) is 0 Å². The Labute approximate surface area is 110 Å². The number of rotatable bonds is 3. The van der Waals surface area contributed by atoms with Crippen molar-refractivity contribution >= 4 is 5.97 Å². The maximum atomic E-state index is 10.5. The van der Waals surface area contributed by atoms with Crippen LogP contribution in [0.15, 0.2) is 36.7 Å². The molecule has 2 N–H and O–H groups in total. The van der Waals surface area contributed by atoms with E-state index >= 15 is 0 Å². The third-order valence-electron chi connectivity index (χ3n) is 1.92. The summed E-state index contributed by atoms with van der Waals surface area (Å²) < 4.78 is 1.50. The average molecular weight is 227 g/mol. The smallest absolute Gasteiger partial charge is 0.870 e. The quantitative estimate of drug-likeness (QED) is 0.603. The van der Waals surface area contributed by atoms with Crippen LogP contribution in [-0.4, -0.2) is 31.3 Å². The van der Waals surface area contributed by atoms with Crippen LogP contribution in [0.1, 0.15) is 16.2 Å². The van der Waals surface area contributed by atoms with Crippen molar-refractivity contribution in [2.75, 3.05) is 0 Å². The molecule has 0 aliphatic carbocycles. The Balaban J connectivity index is 0.00000128. The minimum absolute atomic E-state index is 0. The number of aromatic carboxylic acids is 1. The van der Waals surface area contributed by atoms with E-state index in [1.165, 1.54) is 11.0 Å². The van der Waals surface area contributed by atoms with E-state index in [1.54, 1.807) is 0 Å². The zero-order chi connectivity index (χ0) is 10.7. The summed E-state index contributed by atoms with van der Waals surface area (Å²) in [6.07, 6.45) is 1.41. The first-order valence-corrected chi connectivity index (χ1v) is 4.42. The van der Waals surface area contributed by atoms with Gasteiger partial charge in [0.15, 0.2) is 0 Å². The molecular weight excluding hydrogens is 217 g/mol. The van der Waals surface area contributed by atoms with Crippen molar-refractivity contribution in [2.45, 2.75) is 6.54 Å². The number of hydrogen-bond acceptors (Lipinski definition) is 4. The predicted octanol–water partition coefficient (Wildman–Crippen LogP) is -2.15. The molecule has 0 fully saturated rings. The Kier molecular flexibility index (Phi) is 6.21. The molecular formula is C10H10LiN3O3. The Morgan fingerprint density at radius 2 is 1.94 bits per heavy atom. The Hall–Kier alpha value is -1.61. The van der Waals surface area contributed by atoms with E-state index in [-0.39, 0.29) is 30.2 Å². The van der Waals surface area contributed by atoms with Crippen molar-refractivity contribution in [3.63, 3.8) is 0 Å². The van der Waals surface area contributed by atoms with Gasteiger partial charge in [0.2, 0.25) is 0 Å². The summed E-state index contributed by atoms with van der Waals surface area (Å²) in [4.78, 5) is 14.2. The third-order valence-corrected chi connectivity index (χ3v) is 1.92. The van der Waals surface area contributed by atoms with E-state index in [0.717, 1.165) is 5.56 Å². The number of nitrogens with zero attached hydrogens (tertiary/aromatic N) is 3. The van der Waals surface area contributed by atoms with E-state index in [4.69, 9.17) is 5.11 Å². The van der Waals surface area contributed by atoms with Crippen LogP contribution >= 0.6 is 0 Å². The van der Waals surface area contributed by atoms with E-state index in [2.05, 4.69) is 10.1 Å². The zero-order valence-electron chi connectivity index (χ0n) is 9.32. The van der Waals surface area contributed by atoms with Gasteiger partial charge in [-0.25, -0.2) is 14.5 Å². The standard InChI is InChI=1S/C10H9N3O2.Li.H2O/c14-10(15)9-11-7-13(12-9)6-8-4-2-1-3-5-8;;/h1-5,7H,6H2,(H,14,15);;1H2/q;+1;/p-1. The minimum atomic E-state index is -1.11. The SMILES string of the molecule is O=C(O)c1ncn(Cc2ccccc2)n1.[Li+].[OH-].